The first kappa shape index (κ1) is 8.29. The van der Waals surface area contributed by atoms with Gasteiger partial charge >= 0.3 is 0 Å². The van der Waals surface area contributed by atoms with Crippen LogP contribution in [0.4, 0.5) is 5.69 Å². The quantitative estimate of drug-likeness (QED) is 0.407. The summed E-state index contributed by atoms with van der Waals surface area (Å²) >= 11 is 0. The summed E-state index contributed by atoms with van der Waals surface area (Å²) < 4.78 is 0. The number of nitrogen functional groups attached to an aromatic ring is 1. The Bertz CT molecular complexity index is 360. The number of fused-ring (bicyclic) bond motifs is 1. The molecule has 0 aromatic heterocycles. The van der Waals surface area contributed by atoms with E-state index in [-0.39, 0.29) is 0 Å². The average molecular weight is 177 g/mol. The minimum Gasteiger partial charge on any atom is -0.398 e. The molecule has 13 heavy (non-hydrogen) atoms. The van der Waals surface area contributed by atoms with Crippen molar-refractivity contribution in [3.8, 4) is 0 Å². The molecule has 0 spiro atoms. The second kappa shape index (κ2) is 2.87. The van der Waals surface area contributed by atoms with Gasteiger partial charge in [-0.25, -0.2) is 0 Å². The van der Waals surface area contributed by atoms with Crippen molar-refractivity contribution in [1.29, 1.82) is 0 Å². The van der Waals surface area contributed by atoms with Crippen LogP contribution in [-0.2, 0) is 0 Å². The summed E-state index contributed by atoms with van der Waals surface area (Å²) in [6, 6.07) is 5.25. The lowest BCUT2D eigenvalue weighted by Crippen LogP contribution is -2.11. The molecule has 1 aliphatic rings. The van der Waals surface area contributed by atoms with Crippen molar-refractivity contribution in [2.24, 2.45) is 0 Å². The standard InChI is InChI=1S/C10H11NO2/c11-7-3-1-2-6-8(12)4-5-9(13)10(6)7/h1-5,8-9,12-13H,11H2. The van der Waals surface area contributed by atoms with Gasteiger partial charge in [0, 0.05) is 11.3 Å². The van der Waals surface area contributed by atoms with E-state index in [2.05, 4.69) is 0 Å². The van der Waals surface area contributed by atoms with Crippen LogP contribution >= 0.6 is 0 Å². The average Bonchev–Trinajstić information content (AvgIpc) is 2.12. The monoisotopic (exact) mass is 177 g/mol. The van der Waals surface area contributed by atoms with Gasteiger partial charge in [-0.2, -0.15) is 0 Å². The van der Waals surface area contributed by atoms with E-state index >= 15 is 0 Å². The molecule has 0 radical (unpaired) electrons. The third-order valence-corrected chi connectivity index (χ3v) is 2.26. The summed E-state index contributed by atoms with van der Waals surface area (Å²) in [4.78, 5) is 0. The fourth-order valence-corrected chi connectivity index (χ4v) is 1.61. The molecule has 0 bridgehead atoms. The predicted octanol–water partition coefficient (Wildman–Crippen LogP) is 0.905. The molecule has 0 heterocycles. The highest BCUT2D eigenvalue weighted by atomic mass is 16.3. The molecule has 1 aromatic carbocycles. The Balaban J connectivity index is 2.62. The largest absolute Gasteiger partial charge is 0.398 e. The highest BCUT2D eigenvalue weighted by molar-refractivity contribution is 5.55. The van der Waals surface area contributed by atoms with Crippen molar-refractivity contribution in [3.05, 3.63) is 41.5 Å². The van der Waals surface area contributed by atoms with Gasteiger partial charge in [-0.3, -0.25) is 0 Å². The van der Waals surface area contributed by atoms with Gasteiger partial charge in [0.05, 0.1) is 12.2 Å². The summed E-state index contributed by atoms with van der Waals surface area (Å²) in [6.07, 6.45) is 1.76. The van der Waals surface area contributed by atoms with Crippen LogP contribution < -0.4 is 5.73 Å². The zero-order valence-electron chi connectivity index (χ0n) is 7.01. The molecule has 4 N–H and O–H groups in total. The van der Waals surface area contributed by atoms with Crippen LogP contribution in [0.5, 0.6) is 0 Å². The van der Waals surface area contributed by atoms with E-state index in [1.807, 2.05) is 0 Å². The molecule has 1 aliphatic carbocycles. The van der Waals surface area contributed by atoms with Crippen LogP contribution in [0.2, 0.25) is 0 Å². The van der Waals surface area contributed by atoms with Crippen LogP contribution in [0.25, 0.3) is 0 Å². The summed E-state index contributed by atoms with van der Waals surface area (Å²) in [5.41, 5.74) is 7.52. The Kier molecular flexibility index (Phi) is 1.83. The lowest BCUT2D eigenvalue weighted by Gasteiger charge is -2.21. The number of aliphatic hydroxyl groups is 2. The highest BCUT2D eigenvalue weighted by Gasteiger charge is 2.21. The minimum absolute atomic E-state index is 0.522. The van der Waals surface area contributed by atoms with Crippen LogP contribution in [0, 0.1) is 0 Å². The first-order valence-corrected chi connectivity index (χ1v) is 4.13. The third-order valence-electron chi connectivity index (χ3n) is 2.26. The smallest absolute Gasteiger partial charge is 0.0996 e. The van der Waals surface area contributed by atoms with Gasteiger partial charge in [-0.1, -0.05) is 24.3 Å². The lowest BCUT2D eigenvalue weighted by atomic mass is 9.91. The van der Waals surface area contributed by atoms with Gasteiger partial charge in [-0.15, -0.1) is 0 Å². The summed E-state index contributed by atoms with van der Waals surface area (Å²) in [5, 5.41) is 19.1. The number of anilines is 1. The predicted molar refractivity (Wildman–Crippen MR) is 49.9 cm³/mol. The number of benzene rings is 1. The van der Waals surface area contributed by atoms with Gasteiger partial charge in [0.2, 0.25) is 0 Å². The molecule has 0 amide bonds. The molecule has 0 saturated carbocycles. The first-order chi connectivity index (χ1) is 6.20. The van der Waals surface area contributed by atoms with Crippen LogP contribution in [0.1, 0.15) is 23.3 Å². The molecule has 68 valence electrons. The highest BCUT2D eigenvalue weighted by Crippen LogP contribution is 2.34. The van der Waals surface area contributed by atoms with E-state index in [9.17, 15) is 10.2 Å². The molecule has 1 aromatic rings. The Morgan fingerprint density at radius 2 is 1.77 bits per heavy atom. The number of rotatable bonds is 0. The third kappa shape index (κ3) is 1.22. The molecule has 0 fully saturated rings. The SMILES string of the molecule is Nc1cccc2c1C(O)C=CC2O. The summed E-state index contributed by atoms with van der Waals surface area (Å²) in [6.45, 7) is 0. The van der Waals surface area contributed by atoms with Crippen molar-refractivity contribution in [2.75, 3.05) is 5.73 Å². The van der Waals surface area contributed by atoms with E-state index in [1.165, 1.54) is 0 Å². The van der Waals surface area contributed by atoms with E-state index in [0.717, 1.165) is 0 Å². The van der Waals surface area contributed by atoms with Crippen molar-refractivity contribution in [3.63, 3.8) is 0 Å². The van der Waals surface area contributed by atoms with E-state index in [4.69, 9.17) is 5.73 Å². The topological polar surface area (TPSA) is 66.5 Å². The molecular formula is C10H11NO2. The maximum atomic E-state index is 9.58. The number of nitrogens with two attached hydrogens (primary N) is 1. The van der Waals surface area contributed by atoms with E-state index < -0.39 is 12.2 Å². The van der Waals surface area contributed by atoms with Crippen LogP contribution in [0.3, 0.4) is 0 Å². The normalized spacial score (nSPS) is 25.7. The second-order valence-electron chi connectivity index (χ2n) is 3.12. The van der Waals surface area contributed by atoms with Crippen LogP contribution in [-0.4, -0.2) is 10.2 Å². The van der Waals surface area contributed by atoms with Gasteiger partial charge in [0.1, 0.15) is 0 Å². The van der Waals surface area contributed by atoms with Crippen molar-refractivity contribution < 1.29 is 10.2 Å². The maximum absolute atomic E-state index is 9.58. The van der Waals surface area contributed by atoms with Gasteiger partial charge in [-0.05, 0) is 11.6 Å². The van der Waals surface area contributed by atoms with Gasteiger partial charge in [0.25, 0.3) is 0 Å². The zero-order chi connectivity index (χ0) is 9.42. The molecule has 3 nitrogen and oxygen atoms in total. The molecular weight excluding hydrogens is 166 g/mol. The summed E-state index contributed by atoms with van der Waals surface area (Å²) in [5.74, 6) is 0. The Hall–Kier alpha value is -1.32. The van der Waals surface area contributed by atoms with Gasteiger partial charge < -0.3 is 15.9 Å². The Morgan fingerprint density at radius 3 is 2.46 bits per heavy atom. The van der Waals surface area contributed by atoms with Gasteiger partial charge in [0.15, 0.2) is 0 Å². The molecule has 2 unspecified atom stereocenters. The fourth-order valence-electron chi connectivity index (χ4n) is 1.61. The Labute approximate surface area is 76.1 Å². The molecule has 3 heteroatoms. The number of hydrogen-bond acceptors (Lipinski definition) is 3. The number of hydrogen-bond donors (Lipinski definition) is 3. The second-order valence-corrected chi connectivity index (χ2v) is 3.12. The van der Waals surface area contributed by atoms with Crippen molar-refractivity contribution in [1.82, 2.24) is 0 Å². The molecule has 0 aliphatic heterocycles. The maximum Gasteiger partial charge on any atom is 0.0996 e. The number of aliphatic hydroxyl groups excluding tert-OH is 2. The van der Waals surface area contributed by atoms with Crippen molar-refractivity contribution in [2.45, 2.75) is 12.2 Å². The molecule has 0 saturated heterocycles. The van der Waals surface area contributed by atoms with Crippen LogP contribution in [0.15, 0.2) is 30.4 Å². The van der Waals surface area contributed by atoms with E-state index in [0.29, 0.717) is 16.8 Å². The Morgan fingerprint density at radius 1 is 1.08 bits per heavy atom. The van der Waals surface area contributed by atoms with E-state index in [1.54, 1.807) is 30.4 Å². The first-order valence-electron chi connectivity index (χ1n) is 4.13. The summed E-state index contributed by atoms with van der Waals surface area (Å²) in [7, 11) is 0. The molecule has 2 atom stereocenters. The zero-order valence-corrected chi connectivity index (χ0v) is 7.01. The molecule has 2 rings (SSSR count). The lowest BCUT2D eigenvalue weighted by molar-refractivity contribution is 0.189. The minimum atomic E-state index is -0.695. The fraction of sp³-hybridized carbons (Fsp3) is 0.200. The van der Waals surface area contributed by atoms with Crippen molar-refractivity contribution >= 4 is 5.69 Å².